The molecule has 0 radical (unpaired) electrons. The Kier molecular flexibility index (Phi) is 9.60. The van der Waals surface area contributed by atoms with E-state index in [1.54, 1.807) is 19.1 Å². The number of esters is 1. The van der Waals surface area contributed by atoms with Crippen LogP contribution in [0.4, 0.5) is 0 Å². The Morgan fingerprint density at radius 2 is 1.80 bits per heavy atom. The number of aliphatic hydroxyl groups excluding tert-OH is 2. The van der Waals surface area contributed by atoms with Crippen LogP contribution in [0, 0.1) is 0 Å². The van der Waals surface area contributed by atoms with E-state index in [-0.39, 0.29) is 37.3 Å². The summed E-state index contributed by atoms with van der Waals surface area (Å²) in [5.74, 6) is 0.670. The maximum absolute atomic E-state index is 11.3. The molecule has 0 heterocycles. The van der Waals surface area contributed by atoms with Crippen LogP contribution in [-0.2, 0) is 16.1 Å². The van der Waals surface area contributed by atoms with E-state index in [1.165, 1.54) is 6.07 Å². The molecule has 0 spiro atoms. The van der Waals surface area contributed by atoms with E-state index in [0.717, 1.165) is 5.56 Å². The second-order valence-electron chi connectivity index (χ2n) is 7.09. The van der Waals surface area contributed by atoms with Gasteiger partial charge in [0.25, 0.3) is 0 Å². The number of rotatable bonds is 12. The van der Waals surface area contributed by atoms with Crippen LogP contribution in [0.15, 0.2) is 42.5 Å². The Bertz CT molecular complexity index is 793. The minimum atomic E-state index is -0.738. The molecule has 0 fully saturated rings. The summed E-state index contributed by atoms with van der Waals surface area (Å²) in [6.45, 7) is 5.26. The summed E-state index contributed by atoms with van der Waals surface area (Å²) in [4.78, 5) is 11.3. The molecule has 7 heteroatoms. The maximum Gasteiger partial charge on any atom is 0.309 e. The fourth-order valence-corrected chi connectivity index (χ4v) is 2.99. The highest BCUT2D eigenvalue weighted by molar-refractivity contribution is 5.69. The lowest BCUT2D eigenvalue weighted by Gasteiger charge is -2.17. The van der Waals surface area contributed by atoms with Crippen molar-refractivity contribution < 1.29 is 29.6 Å². The quantitative estimate of drug-likeness (QED) is 0.393. The molecule has 0 aliphatic carbocycles. The van der Waals surface area contributed by atoms with Crippen LogP contribution in [0.2, 0.25) is 0 Å². The number of nitrogens with one attached hydrogen (secondary N) is 1. The lowest BCUT2D eigenvalue weighted by molar-refractivity contribution is -0.143. The molecular formula is C23H31NO6. The van der Waals surface area contributed by atoms with Gasteiger partial charge in [0.1, 0.15) is 11.5 Å². The molecule has 2 atom stereocenters. The first-order valence-electron chi connectivity index (χ1n) is 10.1. The van der Waals surface area contributed by atoms with Gasteiger partial charge in [-0.2, -0.15) is 0 Å². The molecular weight excluding hydrogens is 386 g/mol. The molecule has 2 rings (SSSR count). The molecule has 164 valence electrons. The number of aliphatic hydroxyl groups is 2. The molecule has 0 saturated heterocycles. The second kappa shape index (κ2) is 12.2. The predicted molar refractivity (Wildman–Crippen MR) is 113 cm³/mol. The van der Waals surface area contributed by atoms with Crippen molar-refractivity contribution in [1.82, 2.24) is 5.32 Å². The summed E-state index contributed by atoms with van der Waals surface area (Å²) < 4.78 is 10.4. The number of carbonyl (C=O) groups excluding carboxylic acids is 1. The van der Waals surface area contributed by atoms with E-state index in [2.05, 4.69) is 12.2 Å². The maximum atomic E-state index is 11.3. The van der Waals surface area contributed by atoms with Crippen molar-refractivity contribution in [3.63, 3.8) is 0 Å². The number of hydrogen-bond acceptors (Lipinski definition) is 7. The normalized spacial score (nSPS) is 12.9. The zero-order chi connectivity index (χ0) is 21.9. The highest BCUT2D eigenvalue weighted by Crippen LogP contribution is 2.23. The van der Waals surface area contributed by atoms with E-state index in [4.69, 9.17) is 9.47 Å². The third-order valence-electron chi connectivity index (χ3n) is 4.78. The van der Waals surface area contributed by atoms with E-state index in [1.807, 2.05) is 24.3 Å². The van der Waals surface area contributed by atoms with E-state index in [0.29, 0.717) is 36.6 Å². The topological polar surface area (TPSA) is 108 Å². The van der Waals surface area contributed by atoms with Gasteiger partial charge in [0.15, 0.2) is 0 Å². The van der Waals surface area contributed by atoms with Gasteiger partial charge in [-0.15, -0.1) is 0 Å². The molecule has 0 aliphatic heterocycles. The number of phenols is 1. The molecule has 2 aromatic rings. The van der Waals surface area contributed by atoms with Gasteiger partial charge in [-0.1, -0.05) is 25.1 Å². The van der Waals surface area contributed by atoms with Gasteiger partial charge in [-0.25, -0.2) is 0 Å². The molecule has 0 bridgehead atoms. The molecule has 2 unspecified atom stereocenters. The number of ether oxygens (including phenoxy) is 2. The van der Waals surface area contributed by atoms with Crippen LogP contribution in [-0.4, -0.2) is 47.6 Å². The summed E-state index contributed by atoms with van der Waals surface area (Å²) in [6, 6.07) is 12.4. The standard InChI is InChI=1S/C23H31NO6/c1-3-29-23(28)10-11-30-20-7-4-17(5-8-20)16(2)13-24-14-22(27)18-6-9-21(26)19(12-18)15-25/h4-9,12,16,22,24-27H,3,10-11,13-15H2,1-2H3. The minimum Gasteiger partial charge on any atom is -0.508 e. The van der Waals surface area contributed by atoms with Gasteiger partial charge in [0.2, 0.25) is 0 Å². The van der Waals surface area contributed by atoms with Gasteiger partial charge in [-0.3, -0.25) is 4.79 Å². The predicted octanol–water partition coefficient (Wildman–Crippen LogP) is 2.64. The summed E-state index contributed by atoms with van der Waals surface area (Å²) in [7, 11) is 0. The fourth-order valence-electron chi connectivity index (χ4n) is 2.99. The smallest absolute Gasteiger partial charge is 0.309 e. The van der Waals surface area contributed by atoms with Crippen molar-refractivity contribution >= 4 is 5.97 Å². The van der Waals surface area contributed by atoms with Crippen LogP contribution in [0.5, 0.6) is 11.5 Å². The average molecular weight is 418 g/mol. The minimum absolute atomic E-state index is 0.0170. The van der Waals surface area contributed by atoms with Crippen LogP contribution in [0.3, 0.4) is 0 Å². The zero-order valence-electron chi connectivity index (χ0n) is 17.5. The van der Waals surface area contributed by atoms with Crippen LogP contribution in [0.25, 0.3) is 0 Å². The number of carbonyl (C=O) groups is 1. The Morgan fingerprint density at radius 3 is 2.47 bits per heavy atom. The summed E-state index contributed by atoms with van der Waals surface area (Å²) in [5.41, 5.74) is 2.16. The van der Waals surface area contributed by atoms with Gasteiger partial charge < -0.3 is 30.1 Å². The lowest BCUT2D eigenvalue weighted by Crippen LogP contribution is -2.25. The second-order valence-corrected chi connectivity index (χ2v) is 7.09. The monoisotopic (exact) mass is 417 g/mol. The number of aromatic hydroxyl groups is 1. The zero-order valence-corrected chi connectivity index (χ0v) is 17.5. The number of hydrogen-bond donors (Lipinski definition) is 4. The molecule has 0 saturated carbocycles. The molecule has 30 heavy (non-hydrogen) atoms. The van der Waals surface area contributed by atoms with Crippen LogP contribution >= 0.6 is 0 Å². The molecule has 0 aliphatic rings. The highest BCUT2D eigenvalue weighted by atomic mass is 16.5. The van der Waals surface area contributed by atoms with Crippen LogP contribution in [0.1, 0.15) is 49.0 Å². The van der Waals surface area contributed by atoms with Gasteiger partial charge in [-0.05, 0) is 48.2 Å². The fraction of sp³-hybridized carbons (Fsp3) is 0.435. The Morgan fingerprint density at radius 1 is 1.10 bits per heavy atom. The van der Waals surface area contributed by atoms with Crippen molar-refractivity contribution in [2.45, 2.75) is 38.9 Å². The molecule has 7 nitrogen and oxygen atoms in total. The first kappa shape index (κ1) is 23.7. The molecule has 2 aromatic carbocycles. The first-order chi connectivity index (χ1) is 14.4. The molecule has 0 aromatic heterocycles. The largest absolute Gasteiger partial charge is 0.508 e. The van der Waals surface area contributed by atoms with Crippen molar-refractivity contribution in [2.75, 3.05) is 26.3 Å². The Labute approximate surface area is 177 Å². The van der Waals surface area contributed by atoms with E-state index < -0.39 is 6.10 Å². The Hall–Kier alpha value is -2.61. The summed E-state index contributed by atoms with van der Waals surface area (Å²) in [5, 5.41) is 32.4. The van der Waals surface area contributed by atoms with Crippen molar-refractivity contribution in [3.05, 3.63) is 59.2 Å². The van der Waals surface area contributed by atoms with E-state index >= 15 is 0 Å². The van der Waals surface area contributed by atoms with Gasteiger partial charge >= 0.3 is 5.97 Å². The summed E-state index contributed by atoms with van der Waals surface area (Å²) >= 11 is 0. The molecule has 4 N–H and O–H groups in total. The van der Waals surface area contributed by atoms with Crippen molar-refractivity contribution in [3.8, 4) is 11.5 Å². The SMILES string of the molecule is CCOC(=O)CCOc1ccc(C(C)CNCC(O)c2ccc(O)c(CO)c2)cc1. The van der Waals surface area contributed by atoms with Gasteiger partial charge in [0.05, 0.1) is 32.3 Å². The van der Waals surface area contributed by atoms with Gasteiger partial charge in [0, 0.05) is 18.7 Å². The van der Waals surface area contributed by atoms with Crippen molar-refractivity contribution in [1.29, 1.82) is 0 Å². The third-order valence-corrected chi connectivity index (χ3v) is 4.78. The third kappa shape index (κ3) is 7.33. The summed E-state index contributed by atoms with van der Waals surface area (Å²) in [6.07, 6.45) is -0.516. The van der Waals surface area contributed by atoms with E-state index in [9.17, 15) is 20.1 Å². The van der Waals surface area contributed by atoms with Crippen molar-refractivity contribution in [2.24, 2.45) is 0 Å². The molecule has 0 amide bonds. The highest BCUT2D eigenvalue weighted by Gasteiger charge is 2.12. The average Bonchev–Trinajstić information content (AvgIpc) is 2.74. The Balaban J connectivity index is 1.76. The van der Waals surface area contributed by atoms with Crippen LogP contribution < -0.4 is 10.1 Å². The first-order valence-corrected chi connectivity index (χ1v) is 10.1. The number of benzene rings is 2. The lowest BCUT2D eigenvalue weighted by atomic mass is 10.0.